The zero-order valence-corrected chi connectivity index (χ0v) is 11.9. The molecule has 1 unspecified atom stereocenters. The summed E-state index contributed by atoms with van der Waals surface area (Å²) in [5.74, 6) is -0.603. The topological polar surface area (TPSA) is 69.7 Å². The van der Waals surface area contributed by atoms with Crippen molar-refractivity contribution in [2.24, 2.45) is 11.3 Å². The molecule has 1 saturated carbocycles. The number of rotatable bonds is 4. The van der Waals surface area contributed by atoms with Gasteiger partial charge in [0.15, 0.2) is 0 Å². The Bertz CT molecular complexity index is 427. The van der Waals surface area contributed by atoms with E-state index in [4.69, 9.17) is 0 Å². The second-order valence-corrected chi connectivity index (χ2v) is 6.09. The molecular weight excluding hydrogens is 246 g/mol. The summed E-state index contributed by atoms with van der Waals surface area (Å²) in [7, 11) is 3.81. The second-order valence-electron chi connectivity index (χ2n) is 6.09. The third kappa shape index (κ3) is 2.25. The second kappa shape index (κ2) is 4.59. The maximum atomic E-state index is 12.5. The SMILES string of the molecule is CC(C)C(CN(C)C)N1C(=O)NC(=O)C2(CC2)C1=O. The molecule has 2 rings (SSSR count). The number of hydrogen-bond donors (Lipinski definition) is 1. The fourth-order valence-corrected chi connectivity index (χ4v) is 2.53. The lowest BCUT2D eigenvalue weighted by Crippen LogP contribution is -2.64. The Labute approximate surface area is 113 Å². The highest BCUT2D eigenvalue weighted by molar-refractivity contribution is 6.21. The number of carbonyl (C=O) groups is 3. The highest BCUT2D eigenvalue weighted by atomic mass is 16.2. The monoisotopic (exact) mass is 267 g/mol. The summed E-state index contributed by atoms with van der Waals surface area (Å²) in [6, 6.07) is -0.791. The van der Waals surface area contributed by atoms with E-state index in [0.29, 0.717) is 19.4 Å². The normalized spacial score (nSPS) is 23.3. The fraction of sp³-hybridized carbons (Fsp3) is 0.769. The van der Waals surface area contributed by atoms with Gasteiger partial charge in [0.05, 0.1) is 6.04 Å². The van der Waals surface area contributed by atoms with E-state index in [9.17, 15) is 14.4 Å². The van der Waals surface area contributed by atoms with Crippen molar-refractivity contribution in [2.45, 2.75) is 32.7 Å². The van der Waals surface area contributed by atoms with Crippen LogP contribution in [0.25, 0.3) is 0 Å². The van der Waals surface area contributed by atoms with E-state index in [1.165, 1.54) is 4.90 Å². The van der Waals surface area contributed by atoms with Crippen LogP contribution in [0.15, 0.2) is 0 Å². The van der Waals surface area contributed by atoms with Crippen molar-refractivity contribution >= 4 is 17.8 Å². The smallest absolute Gasteiger partial charge is 0.307 e. The van der Waals surface area contributed by atoms with E-state index < -0.39 is 17.4 Å². The summed E-state index contributed by atoms with van der Waals surface area (Å²) in [4.78, 5) is 39.5. The Morgan fingerprint density at radius 3 is 2.26 bits per heavy atom. The molecule has 1 N–H and O–H groups in total. The number of urea groups is 1. The minimum absolute atomic E-state index is 0.140. The van der Waals surface area contributed by atoms with Crippen molar-refractivity contribution in [3.8, 4) is 0 Å². The molecule has 19 heavy (non-hydrogen) atoms. The molecule has 1 aliphatic carbocycles. The van der Waals surface area contributed by atoms with Crippen LogP contribution in [0.3, 0.4) is 0 Å². The van der Waals surface area contributed by atoms with E-state index in [-0.39, 0.29) is 17.9 Å². The number of amides is 4. The molecule has 0 aromatic rings. The number of likely N-dealkylation sites (N-methyl/N-ethyl adjacent to an activating group) is 1. The molecule has 1 saturated heterocycles. The highest BCUT2D eigenvalue weighted by Gasteiger charge is 2.63. The molecule has 1 heterocycles. The minimum Gasteiger partial charge on any atom is -0.307 e. The standard InChI is InChI=1S/C13H21N3O3/c1-8(2)9(7-15(3)4)16-11(18)13(5-6-13)10(17)14-12(16)19/h8-9H,5-7H2,1-4H3,(H,14,17,19). The fourth-order valence-electron chi connectivity index (χ4n) is 2.53. The summed E-state index contributed by atoms with van der Waals surface area (Å²) >= 11 is 0. The van der Waals surface area contributed by atoms with Gasteiger partial charge < -0.3 is 4.90 Å². The Kier molecular flexibility index (Phi) is 3.38. The lowest BCUT2D eigenvalue weighted by atomic mass is 9.96. The van der Waals surface area contributed by atoms with Gasteiger partial charge in [0, 0.05) is 6.54 Å². The Morgan fingerprint density at radius 2 is 1.84 bits per heavy atom. The van der Waals surface area contributed by atoms with Gasteiger partial charge in [0.25, 0.3) is 0 Å². The van der Waals surface area contributed by atoms with Gasteiger partial charge in [-0.25, -0.2) is 4.79 Å². The molecule has 0 radical (unpaired) electrons. The molecular formula is C13H21N3O3. The molecule has 106 valence electrons. The average molecular weight is 267 g/mol. The molecule has 1 aliphatic heterocycles. The van der Waals surface area contributed by atoms with Gasteiger partial charge in [-0.05, 0) is 32.9 Å². The number of hydrogen-bond acceptors (Lipinski definition) is 4. The largest absolute Gasteiger partial charge is 0.331 e. The predicted octanol–water partition coefficient (Wildman–Crippen LogP) is 0.431. The molecule has 4 amide bonds. The summed E-state index contributed by atoms with van der Waals surface area (Å²) < 4.78 is 0. The van der Waals surface area contributed by atoms with Crippen LogP contribution in [0.1, 0.15) is 26.7 Å². The van der Waals surface area contributed by atoms with Gasteiger partial charge in [0.1, 0.15) is 5.41 Å². The first kappa shape index (κ1) is 14.0. The Balaban J connectivity index is 2.27. The van der Waals surface area contributed by atoms with Gasteiger partial charge in [-0.3, -0.25) is 19.8 Å². The zero-order valence-electron chi connectivity index (χ0n) is 11.9. The van der Waals surface area contributed by atoms with Crippen molar-refractivity contribution < 1.29 is 14.4 Å². The third-order valence-corrected chi connectivity index (χ3v) is 3.91. The molecule has 0 aromatic carbocycles. The van der Waals surface area contributed by atoms with Crippen LogP contribution in [0.5, 0.6) is 0 Å². The van der Waals surface area contributed by atoms with Crippen molar-refractivity contribution in [1.29, 1.82) is 0 Å². The predicted molar refractivity (Wildman–Crippen MR) is 69.2 cm³/mol. The van der Waals surface area contributed by atoms with E-state index >= 15 is 0 Å². The number of carbonyl (C=O) groups excluding carboxylic acids is 3. The van der Waals surface area contributed by atoms with Crippen LogP contribution >= 0.6 is 0 Å². The van der Waals surface area contributed by atoms with Crippen molar-refractivity contribution in [3.05, 3.63) is 0 Å². The average Bonchev–Trinajstić information content (AvgIpc) is 3.06. The van der Waals surface area contributed by atoms with Crippen LogP contribution < -0.4 is 5.32 Å². The molecule has 2 aliphatic rings. The number of nitrogens with one attached hydrogen (secondary N) is 1. The van der Waals surface area contributed by atoms with E-state index in [2.05, 4.69) is 5.32 Å². The maximum Gasteiger partial charge on any atom is 0.331 e. The van der Waals surface area contributed by atoms with Gasteiger partial charge in [-0.2, -0.15) is 0 Å². The number of barbiturate groups is 1. The summed E-state index contributed by atoms with van der Waals surface area (Å²) in [5.41, 5.74) is -0.951. The minimum atomic E-state index is -0.951. The van der Waals surface area contributed by atoms with Gasteiger partial charge in [0.2, 0.25) is 11.8 Å². The lowest BCUT2D eigenvalue weighted by molar-refractivity contribution is -0.147. The van der Waals surface area contributed by atoms with Gasteiger partial charge in [-0.1, -0.05) is 13.8 Å². The van der Waals surface area contributed by atoms with E-state index in [1.54, 1.807) is 0 Å². The Morgan fingerprint density at radius 1 is 1.26 bits per heavy atom. The maximum absolute atomic E-state index is 12.5. The Hall–Kier alpha value is -1.43. The first-order valence-corrected chi connectivity index (χ1v) is 6.63. The molecule has 0 aromatic heterocycles. The molecule has 1 atom stereocenters. The zero-order chi connectivity index (χ0) is 14.4. The quantitative estimate of drug-likeness (QED) is 0.750. The van der Waals surface area contributed by atoms with Crippen LogP contribution in [-0.4, -0.2) is 54.3 Å². The van der Waals surface area contributed by atoms with Crippen LogP contribution in [0, 0.1) is 11.3 Å². The molecule has 0 bridgehead atoms. The molecule has 6 heteroatoms. The van der Waals surface area contributed by atoms with Crippen LogP contribution in [-0.2, 0) is 9.59 Å². The number of nitrogens with zero attached hydrogens (tertiary/aromatic N) is 2. The van der Waals surface area contributed by atoms with Crippen LogP contribution in [0.4, 0.5) is 4.79 Å². The lowest BCUT2D eigenvalue weighted by Gasteiger charge is -2.39. The van der Waals surface area contributed by atoms with Crippen molar-refractivity contribution in [3.63, 3.8) is 0 Å². The van der Waals surface area contributed by atoms with E-state index in [1.807, 2.05) is 32.8 Å². The van der Waals surface area contributed by atoms with Gasteiger partial charge >= 0.3 is 6.03 Å². The summed E-state index contributed by atoms with van der Waals surface area (Å²) in [6.45, 7) is 4.55. The number of imide groups is 2. The van der Waals surface area contributed by atoms with Crippen molar-refractivity contribution in [2.75, 3.05) is 20.6 Å². The first-order valence-electron chi connectivity index (χ1n) is 6.63. The molecule has 2 fully saturated rings. The van der Waals surface area contributed by atoms with Gasteiger partial charge in [-0.15, -0.1) is 0 Å². The highest BCUT2D eigenvalue weighted by Crippen LogP contribution is 2.49. The van der Waals surface area contributed by atoms with Crippen molar-refractivity contribution in [1.82, 2.24) is 15.1 Å². The van der Waals surface area contributed by atoms with Crippen LogP contribution in [0.2, 0.25) is 0 Å². The molecule has 6 nitrogen and oxygen atoms in total. The molecule has 1 spiro atoms. The summed E-state index contributed by atoms with van der Waals surface area (Å²) in [6.07, 6.45) is 1.10. The summed E-state index contributed by atoms with van der Waals surface area (Å²) in [5, 5.41) is 2.33. The first-order chi connectivity index (χ1) is 8.79. The third-order valence-electron chi connectivity index (χ3n) is 3.91. The van der Waals surface area contributed by atoms with E-state index in [0.717, 1.165) is 0 Å².